The predicted molar refractivity (Wildman–Crippen MR) is 114 cm³/mol. The molecule has 1 saturated heterocycles. The highest BCUT2D eigenvalue weighted by Gasteiger charge is 2.21. The second kappa shape index (κ2) is 9.38. The summed E-state index contributed by atoms with van der Waals surface area (Å²) in [6.07, 6.45) is 0.319. The van der Waals surface area contributed by atoms with E-state index in [1.165, 1.54) is 11.1 Å². The fraction of sp³-hybridized carbons (Fsp3) is 0.476. The molecule has 1 aromatic heterocycles. The molecule has 4 rings (SSSR count). The molecule has 0 radical (unpaired) electrons. The first-order chi connectivity index (χ1) is 14.6. The van der Waals surface area contributed by atoms with Gasteiger partial charge in [-0.05, 0) is 17.5 Å². The number of ether oxygens (including phenoxy) is 1. The maximum Gasteiger partial charge on any atom is 0.270 e. The Balaban J connectivity index is 1.30. The van der Waals surface area contributed by atoms with Crippen LogP contribution < -0.4 is 16.0 Å². The van der Waals surface area contributed by atoms with E-state index in [0.29, 0.717) is 31.5 Å². The normalized spacial score (nSPS) is 17.5. The molecule has 30 heavy (non-hydrogen) atoms. The molecule has 1 fully saturated rings. The summed E-state index contributed by atoms with van der Waals surface area (Å²) in [7, 11) is 1.70. The van der Waals surface area contributed by atoms with Gasteiger partial charge in [-0.2, -0.15) is 4.98 Å². The van der Waals surface area contributed by atoms with Crippen molar-refractivity contribution in [2.24, 2.45) is 0 Å². The monoisotopic (exact) mass is 412 g/mol. The number of β-amino-alcohol motifs (C(OH)–C–C–N with tert-alkyl or cyclic N) is 1. The van der Waals surface area contributed by atoms with Gasteiger partial charge in [0.25, 0.3) is 5.91 Å². The molecule has 1 unspecified atom stereocenters. The molecule has 2 aliphatic heterocycles. The average molecular weight is 412 g/mol. The predicted octanol–water partition coefficient (Wildman–Crippen LogP) is 0.478. The van der Waals surface area contributed by atoms with Crippen LogP contribution >= 0.6 is 0 Å². The standard InChI is InChI=1S/C21H28N6O3/c1-22-21-25-18(8-19(26-21)24-16-12-30-13-16)20(29)23-9-17(28)11-27-7-6-14-4-2-3-5-15(14)10-27/h2-5,8,16-17,28H,6-7,9-13H2,1H3,(H,23,29)(H2,22,24,25,26). The molecular formula is C21H28N6O3. The Morgan fingerprint density at radius 1 is 1.30 bits per heavy atom. The Kier molecular flexibility index (Phi) is 6.41. The van der Waals surface area contributed by atoms with E-state index in [-0.39, 0.29) is 24.2 Å². The molecule has 1 atom stereocenters. The minimum atomic E-state index is -0.658. The third-order valence-electron chi connectivity index (χ3n) is 5.35. The Labute approximate surface area is 175 Å². The lowest BCUT2D eigenvalue weighted by molar-refractivity contribution is 0.0209. The van der Waals surface area contributed by atoms with Gasteiger partial charge in [0.15, 0.2) is 0 Å². The molecule has 4 N–H and O–H groups in total. The van der Waals surface area contributed by atoms with Crippen molar-refractivity contribution in [2.45, 2.75) is 25.1 Å². The highest BCUT2D eigenvalue weighted by Crippen LogP contribution is 2.18. The Morgan fingerprint density at radius 2 is 2.10 bits per heavy atom. The summed E-state index contributed by atoms with van der Waals surface area (Å²) in [5.41, 5.74) is 2.92. The smallest absolute Gasteiger partial charge is 0.270 e. The summed E-state index contributed by atoms with van der Waals surface area (Å²) in [6, 6.07) is 10.2. The molecule has 3 heterocycles. The number of aromatic nitrogens is 2. The number of hydrogen-bond donors (Lipinski definition) is 4. The number of fused-ring (bicyclic) bond motifs is 1. The number of aliphatic hydroxyl groups is 1. The molecule has 1 amide bonds. The van der Waals surface area contributed by atoms with Crippen LogP contribution in [0, 0.1) is 0 Å². The fourth-order valence-corrected chi connectivity index (χ4v) is 3.65. The first-order valence-electron chi connectivity index (χ1n) is 10.3. The number of carbonyl (C=O) groups is 1. The van der Waals surface area contributed by atoms with Crippen molar-refractivity contribution >= 4 is 17.7 Å². The van der Waals surface area contributed by atoms with Crippen molar-refractivity contribution in [1.29, 1.82) is 0 Å². The molecule has 1 aromatic carbocycles. The first kappa shape index (κ1) is 20.5. The highest BCUT2D eigenvalue weighted by atomic mass is 16.5. The number of nitrogens with zero attached hydrogens (tertiary/aromatic N) is 3. The van der Waals surface area contributed by atoms with E-state index in [1.54, 1.807) is 13.1 Å². The number of hydrogen-bond acceptors (Lipinski definition) is 8. The molecular weight excluding hydrogens is 384 g/mol. The quantitative estimate of drug-likeness (QED) is 0.495. The summed E-state index contributed by atoms with van der Waals surface area (Å²) in [5.74, 6) is 0.586. The second-order valence-corrected chi connectivity index (χ2v) is 7.71. The van der Waals surface area contributed by atoms with E-state index in [9.17, 15) is 9.90 Å². The van der Waals surface area contributed by atoms with Crippen LogP contribution in [0.3, 0.4) is 0 Å². The summed E-state index contributed by atoms with van der Waals surface area (Å²) >= 11 is 0. The molecule has 0 aliphatic carbocycles. The number of anilines is 2. The van der Waals surface area contributed by atoms with Gasteiger partial charge in [0.2, 0.25) is 5.95 Å². The second-order valence-electron chi connectivity index (χ2n) is 7.71. The zero-order valence-corrected chi connectivity index (χ0v) is 17.1. The molecule has 0 saturated carbocycles. The lowest BCUT2D eigenvalue weighted by Crippen LogP contribution is -2.42. The molecule has 9 heteroatoms. The van der Waals surface area contributed by atoms with E-state index < -0.39 is 6.10 Å². The van der Waals surface area contributed by atoms with Gasteiger partial charge in [-0.3, -0.25) is 9.69 Å². The van der Waals surface area contributed by atoms with Crippen LogP contribution in [0.15, 0.2) is 30.3 Å². The van der Waals surface area contributed by atoms with Crippen molar-refractivity contribution in [3.8, 4) is 0 Å². The minimum absolute atomic E-state index is 0.162. The van der Waals surface area contributed by atoms with Gasteiger partial charge in [0, 0.05) is 39.3 Å². The summed E-state index contributed by atoms with van der Waals surface area (Å²) in [6.45, 7) is 3.63. The number of rotatable bonds is 8. The van der Waals surface area contributed by atoms with E-state index in [0.717, 1.165) is 19.5 Å². The maximum atomic E-state index is 12.6. The van der Waals surface area contributed by atoms with Crippen molar-refractivity contribution in [3.05, 3.63) is 47.2 Å². The Bertz CT molecular complexity index is 889. The molecule has 0 bridgehead atoms. The van der Waals surface area contributed by atoms with Crippen LogP contribution in [0.5, 0.6) is 0 Å². The fourth-order valence-electron chi connectivity index (χ4n) is 3.65. The van der Waals surface area contributed by atoms with Crippen LogP contribution in [-0.4, -0.2) is 77.9 Å². The number of carbonyl (C=O) groups excluding carboxylic acids is 1. The van der Waals surface area contributed by atoms with Crippen LogP contribution in [0.4, 0.5) is 11.8 Å². The Hall–Kier alpha value is -2.75. The van der Waals surface area contributed by atoms with Crippen molar-refractivity contribution in [3.63, 3.8) is 0 Å². The molecule has 0 spiro atoms. The lowest BCUT2D eigenvalue weighted by Gasteiger charge is -2.30. The van der Waals surface area contributed by atoms with Crippen molar-refractivity contribution in [2.75, 3.05) is 50.5 Å². The topological polar surface area (TPSA) is 112 Å². The SMILES string of the molecule is CNc1nc(NC2COC2)cc(C(=O)NCC(O)CN2CCc3ccccc3C2)n1. The van der Waals surface area contributed by atoms with Gasteiger partial charge in [0.1, 0.15) is 11.5 Å². The zero-order valence-electron chi connectivity index (χ0n) is 17.1. The first-order valence-corrected chi connectivity index (χ1v) is 10.3. The summed E-state index contributed by atoms with van der Waals surface area (Å²) < 4.78 is 5.16. The Morgan fingerprint density at radius 3 is 2.83 bits per heavy atom. The zero-order chi connectivity index (χ0) is 20.9. The third-order valence-corrected chi connectivity index (χ3v) is 5.35. The minimum Gasteiger partial charge on any atom is -0.390 e. The van der Waals surface area contributed by atoms with E-state index in [4.69, 9.17) is 4.74 Å². The lowest BCUT2D eigenvalue weighted by atomic mass is 10.00. The van der Waals surface area contributed by atoms with E-state index >= 15 is 0 Å². The van der Waals surface area contributed by atoms with Crippen LogP contribution in [0.1, 0.15) is 21.6 Å². The average Bonchev–Trinajstić information content (AvgIpc) is 2.74. The van der Waals surface area contributed by atoms with Gasteiger partial charge in [0.05, 0.1) is 25.4 Å². The van der Waals surface area contributed by atoms with E-state index in [2.05, 4.69) is 49.0 Å². The summed E-state index contributed by atoms with van der Waals surface area (Å²) in [4.78, 5) is 23.3. The van der Waals surface area contributed by atoms with E-state index in [1.807, 2.05) is 6.07 Å². The van der Waals surface area contributed by atoms with Gasteiger partial charge in [-0.1, -0.05) is 24.3 Å². The number of aliphatic hydroxyl groups excluding tert-OH is 1. The van der Waals surface area contributed by atoms with Gasteiger partial charge in [-0.15, -0.1) is 0 Å². The molecule has 160 valence electrons. The van der Waals surface area contributed by atoms with Crippen molar-refractivity contribution < 1.29 is 14.6 Å². The largest absolute Gasteiger partial charge is 0.390 e. The van der Waals surface area contributed by atoms with Crippen LogP contribution in [0.25, 0.3) is 0 Å². The third kappa shape index (κ3) is 5.05. The maximum absolute atomic E-state index is 12.6. The van der Waals surface area contributed by atoms with Gasteiger partial charge >= 0.3 is 0 Å². The molecule has 9 nitrogen and oxygen atoms in total. The van der Waals surface area contributed by atoms with Crippen molar-refractivity contribution in [1.82, 2.24) is 20.2 Å². The molecule has 2 aliphatic rings. The van der Waals surface area contributed by atoms with Crippen LogP contribution in [0.2, 0.25) is 0 Å². The van der Waals surface area contributed by atoms with Gasteiger partial charge < -0.3 is 25.8 Å². The number of nitrogens with one attached hydrogen (secondary N) is 3. The number of amides is 1. The number of benzene rings is 1. The molecule has 2 aromatic rings. The van der Waals surface area contributed by atoms with Crippen LogP contribution in [-0.2, 0) is 17.7 Å². The highest BCUT2D eigenvalue weighted by molar-refractivity contribution is 5.93. The summed E-state index contributed by atoms with van der Waals surface area (Å²) in [5, 5.41) is 19.3. The van der Waals surface area contributed by atoms with Gasteiger partial charge in [-0.25, -0.2) is 4.98 Å².